The van der Waals surface area contributed by atoms with Gasteiger partial charge in [0.15, 0.2) is 0 Å². The van der Waals surface area contributed by atoms with Gasteiger partial charge < -0.3 is 24.8 Å². The first-order valence-electron chi connectivity index (χ1n) is 13.9. The number of urea groups is 1. The SMILES string of the molecule is COC(=O)CCSCCN(CCC12CC3CC(CC(C3)C1)C2)C(=O)N[C@@H](C)C(=O)N1CCN(C)CC1. The lowest BCUT2D eigenvalue weighted by Crippen LogP contribution is -2.55. The molecule has 4 aliphatic carbocycles. The second-order valence-corrected chi connectivity index (χ2v) is 13.1. The molecule has 1 N–H and O–H groups in total. The van der Waals surface area contributed by atoms with Crippen molar-refractivity contribution >= 4 is 29.7 Å². The van der Waals surface area contributed by atoms with Crippen molar-refractivity contribution in [3.8, 4) is 0 Å². The van der Waals surface area contributed by atoms with Crippen molar-refractivity contribution in [3.05, 3.63) is 0 Å². The first-order chi connectivity index (χ1) is 17.3. The molecule has 4 bridgehead atoms. The van der Waals surface area contributed by atoms with Crippen molar-refractivity contribution in [3.63, 3.8) is 0 Å². The van der Waals surface area contributed by atoms with Crippen molar-refractivity contribution in [1.29, 1.82) is 0 Å². The number of hydrogen-bond donors (Lipinski definition) is 1. The van der Waals surface area contributed by atoms with E-state index in [1.807, 2.05) is 9.80 Å². The number of methoxy groups -OCH3 is 1. The number of nitrogens with zero attached hydrogens (tertiary/aromatic N) is 3. The van der Waals surface area contributed by atoms with E-state index in [9.17, 15) is 14.4 Å². The second kappa shape index (κ2) is 12.4. The maximum atomic E-state index is 13.4. The van der Waals surface area contributed by atoms with E-state index in [0.717, 1.165) is 49.6 Å². The van der Waals surface area contributed by atoms with Crippen molar-refractivity contribution < 1.29 is 19.1 Å². The second-order valence-electron chi connectivity index (χ2n) is 11.9. The van der Waals surface area contributed by atoms with Crippen molar-refractivity contribution in [2.45, 2.75) is 64.3 Å². The number of carbonyl (C=O) groups is 3. The number of nitrogens with one attached hydrogen (secondary N) is 1. The maximum Gasteiger partial charge on any atom is 0.318 e. The average molecular weight is 523 g/mol. The Kier molecular flexibility index (Phi) is 9.47. The molecule has 1 atom stereocenters. The fourth-order valence-electron chi connectivity index (χ4n) is 7.46. The summed E-state index contributed by atoms with van der Waals surface area (Å²) in [5, 5.41) is 3.01. The summed E-state index contributed by atoms with van der Waals surface area (Å²) < 4.78 is 4.73. The van der Waals surface area contributed by atoms with Crippen LogP contribution in [0.1, 0.15) is 58.3 Å². The van der Waals surface area contributed by atoms with Crippen molar-refractivity contribution in [1.82, 2.24) is 20.0 Å². The van der Waals surface area contributed by atoms with Crippen LogP contribution in [0.5, 0.6) is 0 Å². The third-order valence-electron chi connectivity index (χ3n) is 9.07. The zero-order valence-electron chi connectivity index (χ0n) is 22.5. The van der Waals surface area contributed by atoms with Crippen LogP contribution in [-0.2, 0) is 14.3 Å². The molecule has 1 aliphatic heterocycles. The molecule has 5 aliphatic rings. The van der Waals surface area contributed by atoms with E-state index in [0.29, 0.717) is 37.2 Å². The van der Waals surface area contributed by atoms with Gasteiger partial charge in [-0.2, -0.15) is 11.8 Å². The van der Waals surface area contributed by atoms with Crippen LogP contribution in [0.15, 0.2) is 0 Å². The van der Waals surface area contributed by atoms with E-state index >= 15 is 0 Å². The summed E-state index contributed by atoms with van der Waals surface area (Å²) in [6, 6.07) is -0.668. The Morgan fingerprint density at radius 1 is 1.00 bits per heavy atom. The lowest BCUT2D eigenvalue weighted by molar-refractivity contribution is -0.140. The van der Waals surface area contributed by atoms with Crippen LogP contribution in [0.3, 0.4) is 0 Å². The lowest BCUT2D eigenvalue weighted by atomic mass is 9.49. The van der Waals surface area contributed by atoms with Gasteiger partial charge in [-0.25, -0.2) is 4.79 Å². The molecule has 1 heterocycles. The molecule has 0 aromatic heterocycles. The average Bonchev–Trinajstić information content (AvgIpc) is 2.84. The minimum Gasteiger partial charge on any atom is -0.469 e. The molecule has 0 aromatic carbocycles. The van der Waals surface area contributed by atoms with Gasteiger partial charge in [0.1, 0.15) is 6.04 Å². The van der Waals surface area contributed by atoms with Gasteiger partial charge in [-0.1, -0.05) is 0 Å². The van der Waals surface area contributed by atoms with Gasteiger partial charge >= 0.3 is 12.0 Å². The van der Waals surface area contributed by atoms with Gasteiger partial charge in [-0.15, -0.1) is 0 Å². The van der Waals surface area contributed by atoms with Crippen LogP contribution in [0.25, 0.3) is 0 Å². The number of hydrogen-bond acceptors (Lipinski definition) is 6. The maximum absolute atomic E-state index is 13.4. The molecular formula is C27H46N4O4S. The molecule has 9 heteroatoms. The van der Waals surface area contributed by atoms with Gasteiger partial charge in [0.2, 0.25) is 5.91 Å². The highest BCUT2D eigenvalue weighted by molar-refractivity contribution is 7.99. The molecule has 4 saturated carbocycles. The fourth-order valence-corrected chi connectivity index (χ4v) is 8.32. The van der Waals surface area contributed by atoms with Gasteiger partial charge in [-0.3, -0.25) is 9.59 Å². The summed E-state index contributed by atoms with van der Waals surface area (Å²) in [6.07, 6.45) is 9.72. The van der Waals surface area contributed by atoms with Gasteiger partial charge in [0.25, 0.3) is 0 Å². The number of rotatable bonds is 11. The fraction of sp³-hybridized carbons (Fsp3) is 0.889. The third-order valence-corrected chi connectivity index (χ3v) is 10.0. The van der Waals surface area contributed by atoms with Crippen LogP contribution in [-0.4, -0.2) is 104 Å². The van der Waals surface area contributed by atoms with E-state index in [2.05, 4.69) is 17.3 Å². The smallest absolute Gasteiger partial charge is 0.318 e. The first kappa shape index (κ1) is 27.6. The zero-order valence-corrected chi connectivity index (χ0v) is 23.3. The molecule has 36 heavy (non-hydrogen) atoms. The molecule has 3 amide bonds. The first-order valence-corrected chi connectivity index (χ1v) is 15.1. The van der Waals surface area contributed by atoms with E-state index in [-0.39, 0.29) is 17.9 Å². The Balaban J connectivity index is 1.31. The van der Waals surface area contributed by atoms with Gasteiger partial charge in [-0.05, 0) is 82.1 Å². The van der Waals surface area contributed by atoms with Crippen LogP contribution in [0, 0.1) is 23.2 Å². The number of esters is 1. The number of ether oxygens (including phenoxy) is 1. The molecule has 0 aromatic rings. The minimum absolute atomic E-state index is 0.00457. The van der Waals surface area contributed by atoms with E-state index in [4.69, 9.17) is 4.74 Å². The van der Waals surface area contributed by atoms with Crippen LogP contribution in [0.2, 0.25) is 0 Å². The Morgan fingerprint density at radius 2 is 1.61 bits per heavy atom. The topological polar surface area (TPSA) is 82.2 Å². The Labute approximate surface area is 221 Å². The highest BCUT2D eigenvalue weighted by Gasteiger charge is 2.50. The number of thioether (sulfide) groups is 1. The molecule has 0 unspecified atom stereocenters. The van der Waals surface area contributed by atoms with Crippen LogP contribution < -0.4 is 5.32 Å². The molecule has 0 radical (unpaired) electrons. The van der Waals surface area contributed by atoms with Gasteiger partial charge in [0, 0.05) is 50.8 Å². The van der Waals surface area contributed by atoms with Crippen molar-refractivity contribution in [2.75, 3.05) is 64.9 Å². The molecule has 1 saturated heterocycles. The Bertz CT molecular complexity index is 750. The summed E-state index contributed by atoms with van der Waals surface area (Å²) in [5.41, 5.74) is 0.409. The predicted molar refractivity (Wildman–Crippen MR) is 143 cm³/mol. The van der Waals surface area contributed by atoms with Gasteiger partial charge in [0.05, 0.1) is 13.5 Å². The summed E-state index contributed by atoms with van der Waals surface area (Å²) in [5.74, 6) is 3.96. The van der Waals surface area contributed by atoms with Crippen LogP contribution in [0.4, 0.5) is 4.79 Å². The highest BCUT2D eigenvalue weighted by Crippen LogP contribution is 2.61. The largest absolute Gasteiger partial charge is 0.469 e. The molecular weight excluding hydrogens is 476 g/mol. The highest BCUT2D eigenvalue weighted by atomic mass is 32.2. The lowest BCUT2D eigenvalue weighted by Gasteiger charge is -2.57. The standard InChI is InChI=1S/C27H46N4O4S/c1-20(25(33)30-9-7-29(2)8-10-30)28-26(34)31(11-13-36-12-4-24(32)35-3)6-5-27-17-21-14-22(18-27)16-23(15-21)19-27/h20-23H,4-19H2,1-3H3,(H,28,34)/t20-,21?,22?,23?,27?/m0/s1. The number of amides is 3. The Morgan fingerprint density at radius 3 is 2.19 bits per heavy atom. The van der Waals surface area contributed by atoms with E-state index in [1.165, 1.54) is 45.6 Å². The zero-order chi connectivity index (χ0) is 25.7. The minimum atomic E-state index is -0.532. The quantitative estimate of drug-likeness (QED) is 0.332. The number of carbonyl (C=O) groups excluding carboxylic acids is 3. The Hall–Kier alpha value is -1.48. The summed E-state index contributed by atoms with van der Waals surface area (Å²) >= 11 is 1.67. The molecule has 204 valence electrons. The summed E-state index contributed by atoms with van der Waals surface area (Å²) in [6.45, 7) is 6.33. The third kappa shape index (κ3) is 7.09. The monoisotopic (exact) mass is 522 g/mol. The molecule has 5 fully saturated rings. The molecule has 0 spiro atoms. The number of piperazine rings is 1. The van der Waals surface area contributed by atoms with E-state index < -0.39 is 6.04 Å². The van der Waals surface area contributed by atoms with Crippen LogP contribution >= 0.6 is 11.8 Å². The normalized spacial score (nSPS) is 30.2. The molecule has 5 rings (SSSR count). The number of likely N-dealkylation sites (N-methyl/N-ethyl adjacent to an activating group) is 1. The predicted octanol–water partition coefficient (Wildman–Crippen LogP) is 3.06. The van der Waals surface area contributed by atoms with Crippen molar-refractivity contribution in [2.24, 2.45) is 23.2 Å². The summed E-state index contributed by atoms with van der Waals surface area (Å²) in [4.78, 5) is 43.8. The summed E-state index contributed by atoms with van der Waals surface area (Å²) in [7, 11) is 3.48. The molecule has 8 nitrogen and oxygen atoms in total. The van der Waals surface area contributed by atoms with E-state index in [1.54, 1.807) is 18.7 Å².